The minimum Gasteiger partial charge on any atom is -0.330 e. The highest BCUT2D eigenvalue weighted by Gasteiger charge is 1.93. The van der Waals surface area contributed by atoms with E-state index in [1.165, 1.54) is 0 Å². The maximum absolute atomic E-state index is 5.37. The Morgan fingerprint density at radius 3 is 2.91 bits per heavy atom. The molecule has 2 N–H and O–H groups in total. The zero-order valence-electron chi connectivity index (χ0n) is 6.75. The van der Waals surface area contributed by atoms with Crippen LogP contribution in [0.5, 0.6) is 0 Å². The summed E-state index contributed by atoms with van der Waals surface area (Å²) < 4.78 is 0. The molecule has 60 valence electrons. The number of aromatic nitrogens is 2. The van der Waals surface area contributed by atoms with Gasteiger partial charge in [-0.05, 0) is 26.3 Å². The van der Waals surface area contributed by atoms with Crippen molar-refractivity contribution < 1.29 is 0 Å². The molecule has 0 unspecified atom stereocenters. The second-order valence-corrected chi connectivity index (χ2v) is 2.54. The molecule has 3 nitrogen and oxygen atoms in total. The Labute approximate surface area is 66.7 Å². The molecule has 1 rings (SSSR count). The van der Waals surface area contributed by atoms with Gasteiger partial charge >= 0.3 is 0 Å². The normalized spacial score (nSPS) is 10.0. The van der Waals surface area contributed by atoms with Crippen molar-refractivity contribution in [3.63, 3.8) is 0 Å². The molecule has 0 spiro atoms. The van der Waals surface area contributed by atoms with Crippen molar-refractivity contribution in [2.45, 2.75) is 19.8 Å². The lowest BCUT2D eigenvalue weighted by Crippen LogP contribution is -2.02. The fourth-order valence-corrected chi connectivity index (χ4v) is 0.919. The first-order chi connectivity index (χ1) is 5.33. The number of nitrogens with zero attached hydrogens (tertiary/aromatic N) is 2. The van der Waals surface area contributed by atoms with Crippen LogP contribution in [0.2, 0.25) is 0 Å². The summed E-state index contributed by atoms with van der Waals surface area (Å²) in [4.78, 5) is 8.33. The molecule has 0 aliphatic heterocycles. The van der Waals surface area contributed by atoms with Gasteiger partial charge in [0.15, 0.2) is 0 Å². The Hall–Kier alpha value is -0.960. The summed E-state index contributed by atoms with van der Waals surface area (Å²) in [6, 6.07) is 0. The van der Waals surface area contributed by atoms with Gasteiger partial charge in [-0.25, -0.2) is 0 Å². The molecule has 0 atom stereocenters. The Morgan fingerprint density at radius 2 is 2.27 bits per heavy atom. The Kier molecular flexibility index (Phi) is 2.98. The highest BCUT2D eigenvalue weighted by Crippen LogP contribution is 1.97. The topological polar surface area (TPSA) is 51.8 Å². The molecule has 1 heterocycles. The van der Waals surface area contributed by atoms with Crippen LogP contribution in [0.1, 0.15) is 17.8 Å². The van der Waals surface area contributed by atoms with E-state index in [-0.39, 0.29) is 0 Å². The van der Waals surface area contributed by atoms with Crippen molar-refractivity contribution in [2.75, 3.05) is 6.54 Å². The van der Waals surface area contributed by atoms with Crippen LogP contribution in [0.3, 0.4) is 0 Å². The molecule has 1 aromatic heterocycles. The van der Waals surface area contributed by atoms with Crippen LogP contribution in [0.15, 0.2) is 12.4 Å². The van der Waals surface area contributed by atoms with Crippen LogP contribution in [0, 0.1) is 6.92 Å². The average Bonchev–Trinajstić information content (AvgIpc) is 2.01. The van der Waals surface area contributed by atoms with Crippen molar-refractivity contribution in [1.82, 2.24) is 9.97 Å². The number of nitrogens with two attached hydrogens (primary N) is 1. The SMILES string of the molecule is Cc1cncc(CCCN)n1. The number of aryl methyl sites for hydroxylation is 2. The lowest BCUT2D eigenvalue weighted by atomic mass is 10.2. The molecule has 0 saturated carbocycles. The maximum atomic E-state index is 5.37. The second kappa shape index (κ2) is 4.03. The monoisotopic (exact) mass is 151 g/mol. The smallest absolute Gasteiger partial charge is 0.0590 e. The average molecular weight is 151 g/mol. The van der Waals surface area contributed by atoms with Crippen molar-refractivity contribution in [1.29, 1.82) is 0 Å². The molecular formula is C8H13N3. The molecule has 0 fully saturated rings. The quantitative estimate of drug-likeness (QED) is 0.691. The predicted octanol–water partition coefficient (Wildman–Crippen LogP) is 0.676. The lowest BCUT2D eigenvalue weighted by molar-refractivity contribution is 0.799. The fraction of sp³-hybridized carbons (Fsp3) is 0.500. The highest BCUT2D eigenvalue weighted by atomic mass is 14.8. The van der Waals surface area contributed by atoms with Crippen molar-refractivity contribution in [3.8, 4) is 0 Å². The van der Waals surface area contributed by atoms with E-state index in [2.05, 4.69) is 9.97 Å². The molecule has 11 heavy (non-hydrogen) atoms. The Bertz CT molecular complexity index is 222. The van der Waals surface area contributed by atoms with E-state index in [4.69, 9.17) is 5.73 Å². The molecule has 0 saturated heterocycles. The minimum atomic E-state index is 0.718. The van der Waals surface area contributed by atoms with Gasteiger partial charge in [-0.15, -0.1) is 0 Å². The first-order valence-electron chi connectivity index (χ1n) is 3.80. The molecule has 3 heteroatoms. The summed E-state index contributed by atoms with van der Waals surface area (Å²) in [6.45, 7) is 2.66. The van der Waals surface area contributed by atoms with Gasteiger partial charge in [0, 0.05) is 12.4 Å². The Morgan fingerprint density at radius 1 is 1.45 bits per heavy atom. The van der Waals surface area contributed by atoms with Gasteiger partial charge < -0.3 is 5.73 Å². The van der Waals surface area contributed by atoms with E-state index in [1.54, 1.807) is 12.4 Å². The third kappa shape index (κ3) is 2.63. The molecular weight excluding hydrogens is 138 g/mol. The van der Waals surface area contributed by atoms with Gasteiger partial charge in [-0.2, -0.15) is 0 Å². The standard InChI is InChI=1S/C8H13N3/c1-7-5-10-6-8(11-7)3-2-4-9/h5-6H,2-4,9H2,1H3. The molecule has 0 aliphatic carbocycles. The van der Waals surface area contributed by atoms with Gasteiger partial charge in [0.25, 0.3) is 0 Å². The number of hydrogen-bond donors (Lipinski definition) is 1. The van der Waals surface area contributed by atoms with E-state index in [0.29, 0.717) is 0 Å². The summed E-state index contributed by atoms with van der Waals surface area (Å²) in [6.07, 6.45) is 5.47. The van der Waals surface area contributed by atoms with Crippen molar-refractivity contribution in [2.24, 2.45) is 5.73 Å². The molecule has 0 amide bonds. The molecule has 1 aromatic rings. The molecule has 0 radical (unpaired) electrons. The minimum absolute atomic E-state index is 0.718. The first-order valence-corrected chi connectivity index (χ1v) is 3.80. The predicted molar refractivity (Wildman–Crippen MR) is 44.1 cm³/mol. The summed E-state index contributed by atoms with van der Waals surface area (Å²) in [7, 11) is 0. The van der Waals surface area contributed by atoms with E-state index in [9.17, 15) is 0 Å². The number of hydrogen-bond acceptors (Lipinski definition) is 3. The maximum Gasteiger partial charge on any atom is 0.0590 e. The summed E-state index contributed by atoms with van der Waals surface area (Å²) >= 11 is 0. The first kappa shape index (κ1) is 8.14. The van der Waals surface area contributed by atoms with E-state index in [0.717, 1.165) is 30.8 Å². The molecule has 0 aromatic carbocycles. The molecule has 0 aliphatic rings. The lowest BCUT2D eigenvalue weighted by Gasteiger charge is -1.98. The van der Waals surface area contributed by atoms with Crippen molar-refractivity contribution in [3.05, 3.63) is 23.8 Å². The number of rotatable bonds is 3. The zero-order valence-corrected chi connectivity index (χ0v) is 6.75. The van der Waals surface area contributed by atoms with Gasteiger partial charge in [0.1, 0.15) is 0 Å². The zero-order chi connectivity index (χ0) is 8.10. The van der Waals surface area contributed by atoms with Crippen LogP contribution >= 0.6 is 0 Å². The van der Waals surface area contributed by atoms with Crippen LogP contribution in [0.25, 0.3) is 0 Å². The van der Waals surface area contributed by atoms with Gasteiger partial charge in [0.05, 0.1) is 11.4 Å². The third-order valence-electron chi connectivity index (χ3n) is 1.44. The fourth-order valence-electron chi connectivity index (χ4n) is 0.919. The molecule has 0 bridgehead atoms. The summed E-state index contributed by atoms with van der Waals surface area (Å²) in [5.74, 6) is 0. The third-order valence-corrected chi connectivity index (χ3v) is 1.44. The van der Waals surface area contributed by atoms with Crippen LogP contribution in [0.4, 0.5) is 0 Å². The van der Waals surface area contributed by atoms with Crippen LogP contribution < -0.4 is 5.73 Å². The van der Waals surface area contributed by atoms with Gasteiger partial charge in [0.2, 0.25) is 0 Å². The van der Waals surface area contributed by atoms with Crippen LogP contribution in [-0.4, -0.2) is 16.5 Å². The van der Waals surface area contributed by atoms with Crippen LogP contribution in [-0.2, 0) is 6.42 Å². The second-order valence-electron chi connectivity index (χ2n) is 2.54. The Balaban J connectivity index is 2.56. The van der Waals surface area contributed by atoms with E-state index >= 15 is 0 Å². The van der Waals surface area contributed by atoms with Crippen molar-refractivity contribution >= 4 is 0 Å². The van der Waals surface area contributed by atoms with Gasteiger partial charge in [-0.1, -0.05) is 0 Å². The van der Waals surface area contributed by atoms with E-state index < -0.39 is 0 Å². The van der Waals surface area contributed by atoms with E-state index in [1.807, 2.05) is 6.92 Å². The highest BCUT2D eigenvalue weighted by molar-refractivity contribution is 5.01. The largest absolute Gasteiger partial charge is 0.330 e. The summed E-state index contributed by atoms with van der Waals surface area (Å²) in [5.41, 5.74) is 7.38. The summed E-state index contributed by atoms with van der Waals surface area (Å²) in [5, 5.41) is 0. The van der Waals surface area contributed by atoms with Gasteiger partial charge in [-0.3, -0.25) is 9.97 Å².